The molecule has 1 aliphatic rings. The smallest absolute Gasteiger partial charge is 0.0306 e. The molecule has 0 aromatic heterocycles. The van der Waals surface area contributed by atoms with Crippen LogP contribution in [0.4, 0.5) is 0 Å². The minimum Gasteiger partial charge on any atom is -0.224 e. The molecule has 2 nitrogen and oxygen atoms in total. The fourth-order valence-electron chi connectivity index (χ4n) is 2.43. The highest BCUT2D eigenvalue weighted by molar-refractivity contribution is 4.73. The van der Waals surface area contributed by atoms with Gasteiger partial charge in [-0.2, -0.15) is 5.43 Å². The van der Waals surface area contributed by atoms with Gasteiger partial charge in [0.25, 0.3) is 0 Å². The molecule has 0 aliphatic heterocycles. The quantitative estimate of drug-likeness (QED) is 0.454. The molecule has 0 N–H and O–H groups in total. The van der Waals surface area contributed by atoms with Gasteiger partial charge in [0, 0.05) is 19.1 Å². The van der Waals surface area contributed by atoms with Gasteiger partial charge < -0.3 is 0 Å². The Bertz CT molecular complexity index is 153. The topological polar surface area (TPSA) is 17.3 Å². The van der Waals surface area contributed by atoms with Gasteiger partial charge in [0.15, 0.2) is 0 Å². The molecule has 0 unspecified atom stereocenters. The van der Waals surface area contributed by atoms with Crippen molar-refractivity contribution in [3.05, 3.63) is 0 Å². The Morgan fingerprint density at radius 1 is 1.00 bits per heavy atom. The molecule has 0 aromatic rings. The summed E-state index contributed by atoms with van der Waals surface area (Å²) in [5, 5.41) is 2.43. The SMILES string of the molecule is CCCC[N]N(CCCC)C1CCCCC1. The Kier molecular flexibility index (Phi) is 7.87. The monoisotopic (exact) mass is 225 g/mol. The highest BCUT2D eigenvalue weighted by atomic mass is 15.5. The third-order valence-corrected chi connectivity index (χ3v) is 3.53. The fraction of sp³-hybridized carbons (Fsp3) is 1.00. The van der Waals surface area contributed by atoms with Gasteiger partial charge in [-0.15, -0.1) is 0 Å². The van der Waals surface area contributed by atoms with Crippen LogP contribution in [0.1, 0.15) is 71.6 Å². The zero-order valence-electron chi connectivity index (χ0n) is 11.2. The Labute approximate surface area is 102 Å². The van der Waals surface area contributed by atoms with Gasteiger partial charge in [-0.25, -0.2) is 5.01 Å². The zero-order chi connectivity index (χ0) is 11.6. The first-order valence-electron chi connectivity index (χ1n) is 7.32. The van der Waals surface area contributed by atoms with Gasteiger partial charge in [0.2, 0.25) is 0 Å². The highest BCUT2D eigenvalue weighted by Crippen LogP contribution is 2.22. The molecule has 1 saturated carbocycles. The maximum atomic E-state index is 4.81. The Morgan fingerprint density at radius 2 is 1.69 bits per heavy atom. The summed E-state index contributed by atoms with van der Waals surface area (Å²) >= 11 is 0. The molecule has 0 spiro atoms. The van der Waals surface area contributed by atoms with Gasteiger partial charge in [-0.05, 0) is 25.7 Å². The van der Waals surface area contributed by atoms with Crippen LogP contribution in [0.15, 0.2) is 0 Å². The predicted molar refractivity (Wildman–Crippen MR) is 70.4 cm³/mol. The molecular formula is C14H29N2. The van der Waals surface area contributed by atoms with Gasteiger partial charge >= 0.3 is 0 Å². The Hall–Kier alpha value is -0.0800. The third kappa shape index (κ3) is 5.31. The molecule has 1 fully saturated rings. The van der Waals surface area contributed by atoms with Crippen molar-refractivity contribution in [2.45, 2.75) is 77.7 Å². The van der Waals surface area contributed by atoms with Gasteiger partial charge in [0.05, 0.1) is 0 Å². The standard InChI is InChI=1S/C14H29N2/c1-3-5-12-15-16(13-6-4-2)14-10-8-7-9-11-14/h14H,3-13H2,1-2H3. The highest BCUT2D eigenvalue weighted by Gasteiger charge is 2.20. The van der Waals surface area contributed by atoms with Crippen LogP contribution in [0.25, 0.3) is 0 Å². The van der Waals surface area contributed by atoms with E-state index in [1.54, 1.807) is 0 Å². The summed E-state index contributed by atoms with van der Waals surface area (Å²) < 4.78 is 0. The van der Waals surface area contributed by atoms with Crippen molar-refractivity contribution in [2.75, 3.05) is 13.1 Å². The molecule has 95 valence electrons. The molecule has 0 bridgehead atoms. The summed E-state index contributed by atoms with van der Waals surface area (Å²) in [5.74, 6) is 0. The van der Waals surface area contributed by atoms with Crippen LogP contribution < -0.4 is 5.43 Å². The van der Waals surface area contributed by atoms with Crippen molar-refractivity contribution in [1.29, 1.82) is 0 Å². The number of rotatable bonds is 8. The lowest BCUT2D eigenvalue weighted by atomic mass is 9.95. The summed E-state index contributed by atoms with van der Waals surface area (Å²) in [6.45, 7) is 6.74. The molecule has 2 heteroatoms. The van der Waals surface area contributed by atoms with Crippen molar-refractivity contribution < 1.29 is 0 Å². The molecule has 1 rings (SSSR count). The van der Waals surface area contributed by atoms with E-state index in [0.29, 0.717) is 0 Å². The van der Waals surface area contributed by atoms with E-state index in [-0.39, 0.29) is 0 Å². The predicted octanol–water partition coefficient (Wildman–Crippen LogP) is 3.74. The summed E-state index contributed by atoms with van der Waals surface area (Å²) in [4.78, 5) is 0. The van der Waals surface area contributed by atoms with Crippen LogP contribution in [-0.2, 0) is 0 Å². The van der Waals surface area contributed by atoms with E-state index in [4.69, 9.17) is 5.43 Å². The zero-order valence-corrected chi connectivity index (χ0v) is 11.2. The first kappa shape index (κ1) is 14.0. The molecule has 0 atom stereocenters. The van der Waals surface area contributed by atoms with Crippen LogP contribution in [0.5, 0.6) is 0 Å². The average molecular weight is 225 g/mol. The van der Waals surface area contributed by atoms with Crippen LogP contribution >= 0.6 is 0 Å². The lowest BCUT2D eigenvalue weighted by Crippen LogP contribution is -2.43. The van der Waals surface area contributed by atoms with E-state index in [0.717, 1.165) is 12.6 Å². The Morgan fingerprint density at radius 3 is 2.31 bits per heavy atom. The average Bonchev–Trinajstić information content (AvgIpc) is 2.35. The van der Waals surface area contributed by atoms with E-state index in [1.165, 1.54) is 64.3 Å². The third-order valence-electron chi connectivity index (χ3n) is 3.53. The number of hydrogen-bond donors (Lipinski definition) is 0. The molecule has 16 heavy (non-hydrogen) atoms. The van der Waals surface area contributed by atoms with Crippen molar-refractivity contribution in [2.24, 2.45) is 0 Å². The van der Waals surface area contributed by atoms with E-state index < -0.39 is 0 Å². The number of hydrogen-bond acceptors (Lipinski definition) is 1. The van der Waals surface area contributed by atoms with E-state index in [2.05, 4.69) is 18.9 Å². The first-order chi connectivity index (χ1) is 7.88. The van der Waals surface area contributed by atoms with Crippen molar-refractivity contribution in [1.82, 2.24) is 10.4 Å². The summed E-state index contributed by atoms with van der Waals surface area (Å²) in [6, 6.07) is 0.761. The molecule has 0 heterocycles. The largest absolute Gasteiger partial charge is 0.224 e. The van der Waals surface area contributed by atoms with Gasteiger partial charge in [-0.3, -0.25) is 0 Å². The van der Waals surface area contributed by atoms with Gasteiger partial charge in [-0.1, -0.05) is 46.0 Å². The maximum absolute atomic E-state index is 4.81. The number of nitrogens with zero attached hydrogens (tertiary/aromatic N) is 2. The summed E-state index contributed by atoms with van der Waals surface area (Å²) in [7, 11) is 0. The van der Waals surface area contributed by atoms with E-state index >= 15 is 0 Å². The lowest BCUT2D eigenvalue weighted by molar-refractivity contribution is 0.0870. The molecule has 1 aliphatic carbocycles. The van der Waals surface area contributed by atoms with Crippen molar-refractivity contribution in [3.8, 4) is 0 Å². The molecule has 0 aromatic carbocycles. The molecule has 1 radical (unpaired) electrons. The van der Waals surface area contributed by atoms with Crippen LogP contribution in [0.3, 0.4) is 0 Å². The second kappa shape index (κ2) is 9.00. The molecular weight excluding hydrogens is 196 g/mol. The summed E-state index contributed by atoms with van der Waals surface area (Å²) in [5.41, 5.74) is 4.81. The second-order valence-corrected chi connectivity index (χ2v) is 5.03. The fourth-order valence-corrected chi connectivity index (χ4v) is 2.43. The van der Waals surface area contributed by atoms with Gasteiger partial charge in [0.1, 0.15) is 0 Å². The minimum atomic E-state index is 0.761. The number of unbranched alkanes of at least 4 members (excludes halogenated alkanes) is 2. The first-order valence-corrected chi connectivity index (χ1v) is 7.32. The van der Waals surface area contributed by atoms with E-state index in [9.17, 15) is 0 Å². The molecule has 0 saturated heterocycles. The lowest BCUT2D eigenvalue weighted by Gasteiger charge is -2.33. The molecule has 0 amide bonds. The normalized spacial score (nSPS) is 18.2. The van der Waals surface area contributed by atoms with Crippen LogP contribution in [-0.4, -0.2) is 24.1 Å². The minimum absolute atomic E-state index is 0.761. The second-order valence-electron chi connectivity index (χ2n) is 5.03. The van der Waals surface area contributed by atoms with Crippen molar-refractivity contribution >= 4 is 0 Å². The maximum Gasteiger partial charge on any atom is 0.0306 e. The van der Waals surface area contributed by atoms with Crippen molar-refractivity contribution in [3.63, 3.8) is 0 Å². The van der Waals surface area contributed by atoms with Crippen LogP contribution in [0, 0.1) is 0 Å². The Balaban J connectivity index is 2.28. The summed E-state index contributed by atoms with van der Waals surface area (Å²) in [6.07, 6.45) is 12.1. The van der Waals surface area contributed by atoms with Crippen LogP contribution in [0.2, 0.25) is 0 Å². The van der Waals surface area contributed by atoms with E-state index in [1.807, 2.05) is 0 Å².